The van der Waals surface area contributed by atoms with Gasteiger partial charge in [0.05, 0.1) is 5.69 Å². The van der Waals surface area contributed by atoms with Gasteiger partial charge in [-0.25, -0.2) is 4.98 Å². The Kier molecular flexibility index (Phi) is 6.24. The van der Waals surface area contributed by atoms with Gasteiger partial charge in [0.2, 0.25) is 0 Å². The monoisotopic (exact) mass is 346 g/mol. The van der Waals surface area contributed by atoms with Crippen LogP contribution in [-0.2, 0) is 0 Å². The molecular formula is C16H17N7NaO+. The number of rotatable bonds is 4. The number of aromatic nitrogens is 5. The number of tetrazole rings is 1. The maximum Gasteiger partial charge on any atom is 1.00 e. The predicted molar refractivity (Wildman–Crippen MR) is 90.3 cm³/mol. The first kappa shape index (κ1) is 19.0. The van der Waals surface area contributed by atoms with Gasteiger partial charge < -0.3 is 5.73 Å². The van der Waals surface area contributed by atoms with Crippen LogP contribution in [0, 0.1) is 0 Å². The van der Waals surface area contributed by atoms with Gasteiger partial charge in [-0.15, -0.1) is 5.10 Å². The Bertz CT molecular complexity index is 847. The molecule has 3 rings (SSSR count). The number of amides is 1. The third kappa shape index (κ3) is 4.62. The van der Waals surface area contributed by atoms with Crippen molar-refractivity contribution in [2.75, 3.05) is 11.1 Å². The maximum absolute atomic E-state index is 12.4. The van der Waals surface area contributed by atoms with Gasteiger partial charge >= 0.3 is 29.6 Å². The fourth-order valence-corrected chi connectivity index (χ4v) is 2.18. The SMILES string of the molecule is CC(C)c1cc(C(=O)Nc2nn[nH]n2)nc(-c2ccc(N)cc2)c1.[Na+]. The Morgan fingerprint density at radius 2 is 1.92 bits per heavy atom. The number of nitrogens with zero attached hydrogens (tertiary/aromatic N) is 4. The van der Waals surface area contributed by atoms with E-state index in [0.717, 1.165) is 11.1 Å². The molecule has 122 valence electrons. The standard InChI is InChI=1S/C16H17N7O.Na/c1-9(2)11-7-13(10-3-5-12(17)6-4-10)18-14(8-11)15(24)19-16-20-22-23-21-16;/h3-9H,17H2,1-2H3,(H2,19,20,21,22,23,24);/q;+1. The van der Waals surface area contributed by atoms with Gasteiger partial charge in [-0.05, 0) is 41.0 Å². The average Bonchev–Trinajstić information content (AvgIpc) is 3.08. The molecule has 0 aliphatic heterocycles. The molecule has 0 aliphatic carbocycles. The Balaban J connectivity index is 0.00000225. The molecule has 0 radical (unpaired) electrons. The molecule has 0 fully saturated rings. The van der Waals surface area contributed by atoms with E-state index in [1.165, 1.54) is 0 Å². The molecule has 0 spiro atoms. The molecule has 2 aromatic heterocycles. The molecular weight excluding hydrogens is 329 g/mol. The van der Waals surface area contributed by atoms with E-state index in [1.807, 2.05) is 18.2 Å². The fourth-order valence-electron chi connectivity index (χ4n) is 2.18. The maximum atomic E-state index is 12.4. The Morgan fingerprint density at radius 3 is 2.52 bits per heavy atom. The summed E-state index contributed by atoms with van der Waals surface area (Å²) in [6.45, 7) is 4.12. The Labute approximate surface area is 166 Å². The zero-order chi connectivity index (χ0) is 17.1. The van der Waals surface area contributed by atoms with Crippen LogP contribution in [0.3, 0.4) is 0 Å². The number of nitrogens with one attached hydrogen (secondary N) is 2. The predicted octanol–water partition coefficient (Wildman–Crippen LogP) is -0.776. The summed E-state index contributed by atoms with van der Waals surface area (Å²) < 4.78 is 0. The van der Waals surface area contributed by atoms with Gasteiger partial charge in [-0.2, -0.15) is 5.21 Å². The topological polar surface area (TPSA) is 122 Å². The van der Waals surface area contributed by atoms with Crippen LogP contribution >= 0.6 is 0 Å². The number of nitrogens with two attached hydrogens (primary N) is 1. The minimum absolute atomic E-state index is 0. The fraction of sp³-hybridized carbons (Fsp3) is 0.188. The molecule has 3 aromatic rings. The number of H-pyrrole nitrogens is 1. The zero-order valence-electron chi connectivity index (χ0n) is 14.3. The van der Waals surface area contributed by atoms with Crippen LogP contribution in [0.25, 0.3) is 11.3 Å². The minimum atomic E-state index is -0.393. The first-order valence-electron chi connectivity index (χ1n) is 7.45. The molecule has 0 saturated carbocycles. The number of nitrogen functional groups attached to an aromatic ring is 1. The summed E-state index contributed by atoms with van der Waals surface area (Å²) in [6, 6.07) is 11.1. The summed E-state index contributed by atoms with van der Waals surface area (Å²) in [6.07, 6.45) is 0. The molecule has 0 atom stereocenters. The molecule has 2 heterocycles. The first-order chi connectivity index (χ1) is 11.5. The van der Waals surface area contributed by atoms with E-state index in [4.69, 9.17) is 5.73 Å². The van der Waals surface area contributed by atoms with Crippen molar-refractivity contribution < 1.29 is 34.4 Å². The van der Waals surface area contributed by atoms with Crippen LogP contribution < -0.4 is 40.6 Å². The van der Waals surface area contributed by atoms with E-state index < -0.39 is 5.91 Å². The minimum Gasteiger partial charge on any atom is -0.399 e. The summed E-state index contributed by atoms with van der Waals surface area (Å²) in [5.74, 6) is -0.0429. The number of benzene rings is 1. The molecule has 1 amide bonds. The number of anilines is 2. The third-order valence-electron chi connectivity index (χ3n) is 3.52. The van der Waals surface area contributed by atoms with Crippen LogP contribution in [0.4, 0.5) is 11.6 Å². The Hall–Kier alpha value is -2.29. The summed E-state index contributed by atoms with van der Waals surface area (Å²) in [5.41, 5.74) is 9.30. The van der Waals surface area contributed by atoms with Crippen molar-refractivity contribution in [3.05, 3.63) is 47.7 Å². The van der Waals surface area contributed by atoms with Crippen molar-refractivity contribution in [2.45, 2.75) is 19.8 Å². The second kappa shape index (κ2) is 8.19. The molecule has 4 N–H and O–H groups in total. The van der Waals surface area contributed by atoms with E-state index in [-0.39, 0.29) is 47.1 Å². The summed E-state index contributed by atoms with van der Waals surface area (Å²) in [4.78, 5) is 16.9. The summed E-state index contributed by atoms with van der Waals surface area (Å²) >= 11 is 0. The summed E-state index contributed by atoms with van der Waals surface area (Å²) in [5, 5.41) is 15.7. The average molecular weight is 346 g/mol. The van der Waals surface area contributed by atoms with Gasteiger partial charge in [-0.3, -0.25) is 10.1 Å². The molecule has 1 aromatic carbocycles. The van der Waals surface area contributed by atoms with Crippen molar-refractivity contribution in [1.82, 2.24) is 25.6 Å². The largest absolute Gasteiger partial charge is 1.00 e. The molecule has 9 heteroatoms. The normalized spacial score (nSPS) is 10.4. The van der Waals surface area contributed by atoms with Crippen LogP contribution in [0.5, 0.6) is 0 Å². The molecule has 25 heavy (non-hydrogen) atoms. The van der Waals surface area contributed by atoms with Gasteiger partial charge in [0, 0.05) is 11.3 Å². The van der Waals surface area contributed by atoms with E-state index in [1.54, 1.807) is 18.2 Å². The van der Waals surface area contributed by atoms with Crippen molar-refractivity contribution in [1.29, 1.82) is 0 Å². The van der Waals surface area contributed by atoms with Gasteiger partial charge in [0.15, 0.2) is 0 Å². The smallest absolute Gasteiger partial charge is 0.399 e. The van der Waals surface area contributed by atoms with E-state index >= 15 is 0 Å². The molecule has 0 unspecified atom stereocenters. The van der Waals surface area contributed by atoms with Gasteiger partial charge in [-0.1, -0.05) is 31.1 Å². The Morgan fingerprint density at radius 1 is 1.20 bits per heavy atom. The molecule has 0 aliphatic rings. The van der Waals surface area contributed by atoms with Gasteiger partial charge in [0.25, 0.3) is 11.9 Å². The van der Waals surface area contributed by atoms with Gasteiger partial charge in [0.1, 0.15) is 5.69 Å². The van der Waals surface area contributed by atoms with Crippen molar-refractivity contribution in [3.63, 3.8) is 0 Å². The summed E-state index contributed by atoms with van der Waals surface area (Å²) in [7, 11) is 0. The zero-order valence-corrected chi connectivity index (χ0v) is 16.3. The number of carbonyl (C=O) groups is 1. The van der Waals surface area contributed by atoms with Crippen LogP contribution in [0.1, 0.15) is 35.8 Å². The molecule has 8 nitrogen and oxygen atoms in total. The quantitative estimate of drug-likeness (QED) is 0.421. The second-order valence-corrected chi connectivity index (χ2v) is 5.64. The number of pyridine rings is 1. The molecule has 0 saturated heterocycles. The van der Waals surface area contributed by atoms with E-state index in [2.05, 4.69) is 44.8 Å². The number of hydrogen-bond acceptors (Lipinski definition) is 6. The third-order valence-corrected chi connectivity index (χ3v) is 3.52. The van der Waals surface area contributed by atoms with Crippen molar-refractivity contribution in [2.24, 2.45) is 0 Å². The number of carbonyl (C=O) groups excluding carboxylic acids is 1. The van der Waals surface area contributed by atoms with Crippen LogP contribution in [0.15, 0.2) is 36.4 Å². The number of aromatic amines is 1. The van der Waals surface area contributed by atoms with E-state index in [0.29, 0.717) is 11.4 Å². The van der Waals surface area contributed by atoms with Crippen molar-refractivity contribution in [3.8, 4) is 11.3 Å². The van der Waals surface area contributed by atoms with Crippen LogP contribution in [0.2, 0.25) is 0 Å². The molecule has 0 bridgehead atoms. The van der Waals surface area contributed by atoms with Crippen LogP contribution in [-0.4, -0.2) is 31.5 Å². The first-order valence-corrected chi connectivity index (χ1v) is 7.45. The second-order valence-electron chi connectivity index (χ2n) is 5.64. The van der Waals surface area contributed by atoms with E-state index in [9.17, 15) is 4.79 Å². The van der Waals surface area contributed by atoms with Crippen molar-refractivity contribution >= 4 is 17.5 Å². The number of hydrogen-bond donors (Lipinski definition) is 3.